The summed E-state index contributed by atoms with van der Waals surface area (Å²) in [5, 5.41) is 5.18. The van der Waals surface area contributed by atoms with Crippen molar-refractivity contribution < 1.29 is 4.74 Å². The molecule has 6 rings (SSSR count). The minimum Gasteiger partial charge on any atom is -0.377 e. The molecule has 3 atom stereocenters. The Bertz CT molecular complexity index is 1250. The third-order valence-electron chi connectivity index (χ3n) is 7.54. The van der Waals surface area contributed by atoms with Gasteiger partial charge in [-0.15, -0.1) is 0 Å². The molecule has 33 heavy (non-hydrogen) atoms. The first-order valence-electron chi connectivity index (χ1n) is 12.2. The van der Waals surface area contributed by atoms with Gasteiger partial charge < -0.3 is 14.6 Å². The van der Waals surface area contributed by atoms with Crippen molar-refractivity contribution in [2.45, 2.75) is 37.8 Å². The van der Waals surface area contributed by atoms with Crippen molar-refractivity contribution >= 4 is 32.5 Å². The number of benzene rings is 2. The third kappa shape index (κ3) is 3.99. The third-order valence-corrected chi connectivity index (χ3v) is 8.03. The molecule has 4 nitrogen and oxygen atoms in total. The van der Waals surface area contributed by atoms with Crippen LogP contribution in [0, 0.1) is 17.8 Å². The molecule has 0 amide bonds. The Kier molecular flexibility index (Phi) is 5.70. The van der Waals surface area contributed by atoms with Crippen LogP contribution in [-0.4, -0.2) is 35.7 Å². The summed E-state index contributed by atoms with van der Waals surface area (Å²) in [6.07, 6.45) is 7.45. The molecule has 4 heterocycles. The van der Waals surface area contributed by atoms with Crippen molar-refractivity contribution in [1.82, 2.24) is 9.47 Å². The van der Waals surface area contributed by atoms with Crippen LogP contribution in [0.25, 0.3) is 10.9 Å². The fraction of sp³-hybridized carbons (Fsp3) is 0.429. The number of hydrogen-bond donors (Lipinski definition) is 1. The number of aromatic nitrogens is 1. The van der Waals surface area contributed by atoms with Crippen LogP contribution in [0.15, 0.2) is 47.1 Å². The standard InChI is InChI=1S/C28H30BrN3O/c1-31-18-24(22-17-20(29)8-10-26(22)31)27-21-11-15-33-28(21)23-16-19(7-9-25(23)30-27)6-5-14-32-12-3-2-4-13-32/h7-10,16-18,21,27-28,30H,2-4,11-15H2,1H3/t21-,27?,28-/m0/s1. The summed E-state index contributed by atoms with van der Waals surface area (Å²) in [7, 11) is 2.13. The van der Waals surface area contributed by atoms with Gasteiger partial charge in [-0.05, 0) is 68.8 Å². The van der Waals surface area contributed by atoms with Crippen molar-refractivity contribution in [1.29, 1.82) is 0 Å². The maximum Gasteiger partial charge on any atom is 0.0897 e. The summed E-state index contributed by atoms with van der Waals surface area (Å²) in [6.45, 7) is 4.06. The van der Waals surface area contributed by atoms with E-state index >= 15 is 0 Å². The Morgan fingerprint density at radius 1 is 1.09 bits per heavy atom. The fourth-order valence-electron chi connectivity index (χ4n) is 5.87. The van der Waals surface area contributed by atoms with Gasteiger partial charge >= 0.3 is 0 Å². The van der Waals surface area contributed by atoms with Gasteiger partial charge in [-0.2, -0.15) is 0 Å². The van der Waals surface area contributed by atoms with E-state index in [1.165, 1.54) is 60.1 Å². The molecular formula is C28H30BrN3O. The van der Waals surface area contributed by atoms with Gasteiger partial charge in [0.05, 0.1) is 18.7 Å². The van der Waals surface area contributed by atoms with E-state index in [9.17, 15) is 0 Å². The van der Waals surface area contributed by atoms with E-state index in [-0.39, 0.29) is 12.1 Å². The summed E-state index contributed by atoms with van der Waals surface area (Å²) >= 11 is 3.67. The van der Waals surface area contributed by atoms with Crippen molar-refractivity contribution in [2.24, 2.45) is 13.0 Å². The number of hydrogen-bond acceptors (Lipinski definition) is 3. The van der Waals surface area contributed by atoms with Crippen LogP contribution in [0.1, 0.15) is 54.5 Å². The van der Waals surface area contributed by atoms with Gasteiger partial charge in [-0.1, -0.05) is 34.2 Å². The lowest BCUT2D eigenvalue weighted by molar-refractivity contribution is 0.0830. The molecule has 3 aliphatic heterocycles. The molecule has 2 aromatic carbocycles. The Balaban J connectivity index is 1.30. The minimum atomic E-state index is 0.123. The number of piperidine rings is 1. The maximum atomic E-state index is 6.32. The molecule has 2 saturated heterocycles. The summed E-state index contributed by atoms with van der Waals surface area (Å²) in [5.41, 5.74) is 6.15. The number of anilines is 1. The lowest BCUT2D eigenvalue weighted by Gasteiger charge is -2.36. The van der Waals surface area contributed by atoms with Crippen molar-refractivity contribution in [3.8, 4) is 11.8 Å². The molecule has 3 aliphatic rings. The molecule has 0 aliphatic carbocycles. The number of aryl methyl sites for hydroxylation is 1. The second kappa shape index (κ2) is 8.83. The molecule has 3 aromatic rings. The average molecular weight is 504 g/mol. The molecule has 1 unspecified atom stereocenters. The average Bonchev–Trinajstić information content (AvgIpc) is 3.45. The van der Waals surface area contributed by atoms with E-state index in [4.69, 9.17) is 4.74 Å². The highest BCUT2D eigenvalue weighted by molar-refractivity contribution is 9.10. The quantitative estimate of drug-likeness (QED) is 0.433. The lowest BCUT2D eigenvalue weighted by atomic mass is 9.80. The normalized spacial score (nSPS) is 24.6. The van der Waals surface area contributed by atoms with Crippen LogP contribution in [-0.2, 0) is 11.8 Å². The van der Waals surface area contributed by atoms with E-state index in [0.29, 0.717) is 5.92 Å². The SMILES string of the molecule is Cn1cc(C2Nc3ccc(C#CCN4CCCCC4)cc3[C@H]3OCC[C@@H]23)c2cc(Br)ccc21. The van der Waals surface area contributed by atoms with Gasteiger partial charge in [0.25, 0.3) is 0 Å². The number of nitrogens with one attached hydrogen (secondary N) is 1. The number of ether oxygens (including phenoxy) is 1. The van der Waals surface area contributed by atoms with Crippen LogP contribution < -0.4 is 5.32 Å². The summed E-state index contributed by atoms with van der Waals surface area (Å²) in [6, 6.07) is 13.4. The smallest absolute Gasteiger partial charge is 0.0897 e. The minimum absolute atomic E-state index is 0.123. The van der Waals surface area contributed by atoms with Crippen LogP contribution in [0.2, 0.25) is 0 Å². The highest BCUT2D eigenvalue weighted by atomic mass is 79.9. The zero-order valence-electron chi connectivity index (χ0n) is 19.1. The van der Waals surface area contributed by atoms with Crippen LogP contribution >= 0.6 is 15.9 Å². The molecule has 170 valence electrons. The Morgan fingerprint density at radius 3 is 2.85 bits per heavy atom. The Labute approximate surface area is 204 Å². The van der Waals surface area contributed by atoms with Gasteiger partial charge in [0.1, 0.15) is 0 Å². The predicted molar refractivity (Wildman–Crippen MR) is 137 cm³/mol. The molecule has 2 fully saturated rings. The fourth-order valence-corrected chi connectivity index (χ4v) is 6.23. The topological polar surface area (TPSA) is 29.4 Å². The van der Waals surface area contributed by atoms with E-state index < -0.39 is 0 Å². The lowest BCUT2D eigenvalue weighted by Crippen LogP contribution is -2.29. The number of fused-ring (bicyclic) bond motifs is 4. The van der Waals surface area contributed by atoms with E-state index in [0.717, 1.165) is 29.6 Å². The Morgan fingerprint density at radius 2 is 1.97 bits per heavy atom. The molecule has 5 heteroatoms. The maximum absolute atomic E-state index is 6.32. The number of rotatable bonds is 2. The first-order valence-corrected chi connectivity index (χ1v) is 12.9. The Hall–Kier alpha value is -2.26. The monoisotopic (exact) mass is 503 g/mol. The molecule has 0 saturated carbocycles. The van der Waals surface area contributed by atoms with E-state index in [1.54, 1.807) is 0 Å². The predicted octanol–water partition coefficient (Wildman–Crippen LogP) is 6.02. The molecule has 1 N–H and O–H groups in total. The highest BCUT2D eigenvalue weighted by Gasteiger charge is 2.42. The summed E-state index contributed by atoms with van der Waals surface area (Å²) < 4.78 is 9.67. The molecule has 0 radical (unpaired) electrons. The van der Waals surface area contributed by atoms with E-state index in [1.807, 2.05) is 0 Å². The molecular weight excluding hydrogens is 474 g/mol. The number of nitrogens with zero attached hydrogens (tertiary/aromatic N) is 2. The van der Waals surface area contributed by atoms with Crippen LogP contribution in [0.4, 0.5) is 5.69 Å². The zero-order valence-corrected chi connectivity index (χ0v) is 20.7. The largest absolute Gasteiger partial charge is 0.377 e. The van der Waals surface area contributed by atoms with E-state index in [2.05, 4.69) is 92.2 Å². The second-order valence-electron chi connectivity index (χ2n) is 9.66. The van der Waals surface area contributed by atoms with Crippen LogP contribution in [0.5, 0.6) is 0 Å². The van der Waals surface area contributed by atoms with Crippen molar-refractivity contribution in [3.05, 3.63) is 63.8 Å². The summed E-state index contributed by atoms with van der Waals surface area (Å²) in [4.78, 5) is 2.47. The zero-order chi connectivity index (χ0) is 22.4. The molecule has 0 spiro atoms. The van der Waals surface area contributed by atoms with Gasteiger partial charge in [0, 0.05) is 63.5 Å². The molecule has 0 bridgehead atoms. The number of likely N-dealkylation sites (tertiary alicyclic amines) is 1. The van der Waals surface area contributed by atoms with Gasteiger partial charge in [0.2, 0.25) is 0 Å². The van der Waals surface area contributed by atoms with Crippen LogP contribution in [0.3, 0.4) is 0 Å². The first-order chi connectivity index (χ1) is 16.2. The second-order valence-corrected chi connectivity index (χ2v) is 10.6. The highest BCUT2D eigenvalue weighted by Crippen LogP contribution is 2.51. The number of halogens is 1. The van der Waals surface area contributed by atoms with Crippen molar-refractivity contribution in [2.75, 3.05) is 31.6 Å². The van der Waals surface area contributed by atoms with Gasteiger partial charge in [0.15, 0.2) is 0 Å². The van der Waals surface area contributed by atoms with Gasteiger partial charge in [-0.25, -0.2) is 0 Å². The van der Waals surface area contributed by atoms with Gasteiger partial charge in [-0.3, -0.25) is 4.90 Å². The summed E-state index contributed by atoms with van der Waals surface area (Å²) in [5.74, 6) is 7.24. The first kappa shape index (κ1) is 21.3. The molecule has 1 aromatic heterocycles. The van der Waals surface area contributed by atoms with Crippen molar-refractivity contribution in [3.63, 3.8) is 0 Å².